The molecule has 0 aliphatic heterocycles. The van der Waals surface area contributed by atoms with Crippen LogP contribution in [0, 0.1) is 11.6 Å². The Labute approximate surface area is 133 Å². The van der Waals surface area contributed by atoms with E-state index in [1.54, 1.807) is 18.2 Å². The zero-order valence-electron chi connectivity index (χ0n) is 9.88. The molecule has 2 rings (SSSR count). The van der Waals surface area contributed by atoms with Gasteiger partial charge in [-0.05, 0) is 40.2 Å². The van der Waals surface area contributed by atoms with Gasteiger partial charge in [0.2, 0.25) is 0 Å². The highest BCUT2D eigenvalue weighted by Gasteiger charge is 2.10. The van der Waals surface area contributed by atoms with E-state index in [-0.39, 0.29) is 15.1 Å². The van der Waals surface area contributed by atoms with Gasteiger partial charge in [0, 0.05) is 11.6 Å². The summed E-state index contributed by atoms with van der Waals surface area (Å²) in [5, 5.41) is 3.12. The first-order valence-corrected chi connectivity index (χ1v) is 6.97. The lowest BCUT2D eigenvalue weighted by atomic mass is 10.2. The molecule has 0 aliphatic carbocycles. The van der Waals surface area contributed by atoms with Crippen molar-refractivity contribution in [3.05, 3.63) is 57.0 Å². The lowest BCUT2D eigenvalue weighted by Gasteiger charge is -2.11. The van der Waals surface area contributed by atoms with Crippen LogP contribution in [0.3, 0.4) is 0 Å². The molecule has 0 saturated carbocycles. The molecule has 0 unspecified atom stereocenters. The number of hydrogen-bond acceptors (Lipinski definition) is 2. The van der Waals surface area contributed by atoms with Gasteiger partial charge in [-0.15, -0.1) is 0 Å². The highest BCUT2D eigenvalue weighted by Crippen LogP contribution is 2.30. The summed E-state index contributed by atoms with van der Waals surface area (Å²) in [5.74, 6) is -1.40. The lowest BCUT2D eigenvalue weighted by molar-refractivity contribution is 0.581. The van der Waals surface area contributed by atoms with Crippen LogP contribution < -0.4 is 11.1 Å². The van der Waals surface area contributed by atoms with Gasteiger partial charge in [0.1, 0.15) is 16.6 Å². The molecule has 7 heteroatoms. The predicted octanol–water partition coefficient (Wildman–Crippen LogP) is 4.76. The van der Waals surface area contributed by atoms with Crippen molar-refractivity contribution >= 4 is 56.1 Å². The molecule has 0 spiro atoms. The van der Waals surface area contributed by atoms with Crippen molar-refractivity contribution in [2.75, 3.05) is 5.32 Å². The van der Waals surface area contributed by atoms with Gasteiger partial charge in [-0.3, -0.25) is 0 Å². The number of thiocarbonyl (C=S) groups is 1. The van der Waals surface area contributed by atoms with Crippen molar-refractivity contribution in [1.82, 2.24) is 0 Å². The SMILES string of the molecule is NC(=S)c1ccc(Nc2cc(Br)c(F)cc2F)c(Cl)c1. The van der Waals surface area contributed by atoms with E-state index in [1.807, 2.05) is 0 Å². The van der Waals surface area contributed by atoms with Gasteiger partial charge in [-0.2, -0.15) is 0 Å². The number of halogens is 4. The molecule has 0 atom stereocenters. The molecule has 104 valence electrons. The summed E-state index contributed by atoms with van der Waals surface area (Å²) in [6.07, 6.45) is 0. The molecule has 0 amide bonds. The third-order valence-corrected chi connectivity index (χ3v) is 3.69. The van der Waals surface area contributed by atoms with Crippen LogP contribution in [0.2, 0.25) is 5.02 Å². The highest BCUT2D eigenvalue weighted by molar-refractivity contribution is 9.10. The fraction of sp³-hybridized carbons (Fsp3) is 0. The normalized spacial score (nSPS) is 10.4. The summed E-state index contributed by atoms with van der Waals surface area (Å²) in [4.78, 5) is 0.217. The molecule has 3 N–H and O–H groups in total. The Morgan fingerprint density at radius 3 is 2.45 bits per heavy atom. The average Bonchev–Trinajstić information content (AvgIpc) is 2.37. The molecule has 0 fully saturated rings. The second-order valence-corrected chi connectivity index (χ2v) is 5.63. The largest absolute Gasteiger partial charge is 0.389 e. The fourth-order valence-electron chi connectivity index (χ4n) is 1.53. The molecule has 0 aromatic heterocycles. The summed E-state index contributed by atoms with van der Waals surface area (Å²) < 4.78 is 26.9. The Balaban J connectivity index is 2.35. The minimum atomic E-state index is -0.722. The maximum Gasteiger partial charge on any atom is 0.149 e. The van der Waals surface area contributed by atoms with Crippen LogP contribution in [0.15, 0.2) is 34.8 Å². The molecule has 0 aliphatic rings. The summed E-state index contributed by atoms with van der Waals surface area (Å²) in [6, 6.07) is 6.93. The fourth-order valence-corrected chi connectivity index (χ4v) is 2.23. The Kier molecular flexibility index (Phi) is 4.57. The monoisotopic (exact) mass is 376 g/mol. The molecule has 20 heavy (non-hydrogen) atoms. The van der Waals surface area contributed by atoms with E-state index in [2.05, 4.69) is 21.2 Å². The van der Waals surface area contributed by atoms with Gasteiger partial charge >= 0.3 is 0 Å². The minimum absolute atomic E-state index is 0.100. The predicted molar refractivity (Wildman–Crippen MR) is 84.7 cm³/mol. The second kappa shape index (κ2) is 6.03. The third-order valence-electron chi connectivity index (χ3n) is 2.53. The first kappa shape index (κ1) is 15.2. The van der Waals surface area contributed by atoms with E-state index in [0.717, 1.165) is 6.07 Å². The summed E-state index contributed by atoms with van der Waals surface area (Å²) >= 11 is 13.9. The quantitative estimate of drug-likeness (QED) is 0.598. The van der Waals surface area contributed by atoms with Crippen molar-refractivity contribution in [3.63, 3.8) is 0 Å². The van der Waals surface area contributed by atoms with Gasteiger partial charge in [0.05, 0.1) is 20.9 Å². The van der Waals surface area contributed by atoms with Crippen molar-refractivity contribution in [2.24, 2.45) is 5.73 Å². The molecule has 0 bridgehead atoms. The second-order valence-electron chi connectivity index (χ2n) is 3.93. The van der Waals surface area contributed by atoms with Crippen LogP contribution >= 0.6 is 39.7 Å². The van der Waals surface area contributed by atoms with Crippen molar-refractivity contribution < 1.29 is 8.78 Å². The van der Waals surface area contributed by atoms with E-state index in [0.29, 0.717) is 16.3 Å². The first-order valence-electron chi connectivity index (χ1n) is 5.39. The van der Waals surface area contributed by atoms with Crippen molar-refractivity contribution in [3.8, 4) is 0 Å². The molecule has 0 heterocycles. The number of hydrogen-bond donors (Lipinski definition) is 2. The number of nitrogens with one attached hydrogen (secondary N) is 1. The Hall–Kier alpha value is -1.24. The van der Waals surface area contributed by atoms with Crippen molar-refractivity contribution in [1.29, 1.82) is 0 Å². The van der Waals surface area contributed by atoms with Gasteiger partial charge in [-0.1, -0.05) is 23.8 Å². The van der Waals surface area contributed by atoms with Crippen LogP contribution in [0.4, 0.5) is 20.2 Å². The molecular formula is C13H8BrClF2N2S. The minimum Gasteiger partial charge on any atom is -0.389 e. The summed E-state index contributed by atoms with van der Waals surface area (Å²) in [6.45, 7) is 0. The van der Waals surface area contributed by atoms with Gasteiger partial charge in [0.25, 0.3) is 0 Å². The van der Waals surface area contributed by atoms with Gasteiger partial charge < -0.3 is 11.1 Å². The summed E-state index contributed by atoms with van der Waals surface area (Å²) in [7, 11) is 0. The van der Waals surface area contributed by atoms with E-state index in [1.165, 1.54) is 6.07 Å². The molecule has 2 nitrogen and oxygen atoms in total. The van der Waals surface area contributed by atoms with Gasteiger partial charge in [-0.25, -0.2) is 8.78 Å². The van der Waals surface area contributed by atoms with E-state index >= 15 is 0 Å². The Morgan fingerprint density at radius 2 is 1.85 bits per heavy atom. The average molecular weight is 378 g/mol. The van der Waals surface area contributed by atoms with E-state index in [9.17, 15) is 8.78 Å². The molecular weight excluding hydrogens is 370 g/mol. The zero-order valence-corrected chi connectivity index (χ0v) is 13.0. The molecule has 2 aromatic carbocycles. The highest BCUT2D eigenvalue weighted by atomic mass is 79.9. The van der Waals surface area contributed by atoms with Crippen LogP contribution in [0.1, 0.15) is 5.56 Å². The zero-order chi connectivity index (χ0) is 14.9. The van der Waals surface area contributed by atoms with Crippen LogP contribution in [0.25, 0.3) is 0 Å². The number of benzene rings is 2. The topological polar surface area (TPSA) is 38.0 Å². The third kappa shape index (κ3) is 3.26. The van der Waals surface area contributed by atoms with Gasteiger partial charge in [0.15, 0.2) is 0 Å². The summed E-state index contributed by atoms with van der Waals surface area (Å²) in [5.41, 5.74) is 6.66. The Morgan fingerprint density at radius 1 is 1.15 bits per heavy atom. The van der Waals surface area contributed by atoms with E-state index < -0.39 is 11.6 Å². The Bertz CT molecular complexity index is 694. The van der Waals surface area contributed by atoms with Crippen LogP contribution in [-0.2, 0) is 0 Å². The molecule has 0 radical (unpaired) electrons. The number of anilines is 2. The molecule has 2 aromatic rings. The number of nitrogens with two attached hydrogens (primary N) is 1. The lowest BCUT2D eigenvalue weighted by Crippen LogP contribution is -2.09. The number of rotatable bonds is 3. The maximum atomic E-state index is 13.6. The molecule has 0 saturated heterocycles. The van der Waals surface area contributed by atoms with Crippen molar-refractivity contribution in [2.45, 2.75) is 0 Å². The maximum absolute atomic E-state index is 13.6. The smallest absolute Gasteiger partial charge is 0.149 e. The van der Waals surface area contributed by atoms with Crippen LogP contribution in [0.5, 0.6) is 0 Å². The van der Waals surface area contributed by atoms with Crippen LogP contribution in [-0.4, -0.2) is 4.99 Å². The van der Waals surface area contributed by atoms with E-state index in [4.69, 9.17) is 29.6 Å². The standard InChI is InChI=1S/C13H8BrClF2N2S/c14-7-4-12(10(17)5-9(7)16)19-11-2-1-6(13(18)20)3-8(11)15/h1-5,19H,(H2,18,20). The first-order chi connectivity index (χ1) is 9.38.